The Hall–Kier alpha value is -4.65. The van der Waals surface area contributed by atoms with Crippen LogP contribution in [0, 0.1) is 24.1 Å². The van der Waals surface area contributed by atoms with E-state index in [0.717, 1.165) is 11.9 Å². The normalized spacial score (nSPS) is 14.1. The van der Waals surface area contributed by atoms with Crippen molar-refractivity contribution in [2.24, 2.45) is 0 Å². The number of benzene rings is 2. The fraction of sp³-hybridized carbons (Fsp3) is 0.200. The van der Waals surface area contributed by atoms with Crippen LogP contribution in [-0.2, 0) is 11.3 Å². The zero-order valence-electron chi connectivity index (χ0n) is 19.0. The second kappa shape index (κ2) is 9.69. The van der Waals surface area contributed by atoms with Crippen molar-refractivity contribution in [3.05, 3.63) is 88.3 Å². The highest BCUT2D eigenvalue weighted by Gasteiger charge is 2.32. The molecule has 1 aromatic heterocycles. The lowest BCUT2D eigenvalue weighted by molar-refractivity contribution is -0.116. The smallest absolute Gasteiger partial charge is 0.270 e. The Morgan fingerprint density at radius 3 is 2.54 bits per heavy atom. The van der Waals surface area contributed by atoms with Crippen molar-refractivity contribution in [1.82, 2.24) is 20.6 Å². The van der Waals surface area contributed by atoms with Gasteiger partial charge in [0.1, 0.15) is 23.5 Å². The van der Waals surface area contributed by atoms with Crippen LogP contribution in [0.15, 0.2) is 48.8 Å². The first-order chi connectivity index (χ1) is 16.8. The van der Waals surface area contributed by atoms with Crippen molar-refractivity contribution in [2.45, 2.75) is 26.4 Å². The van der Waals surface area contributed by atoms with E-state index in [1.807, 2.05) is 6.07 Å². The summed E-state index contributed by atoms with van der Waals surface area (Å²) in [6, 6.07) is 12.3. The van der Waals surface area contributed by atoms with E-state index in [0.29, 0.717) is 22.4 Å². The Balaban J connectivity index is 1.46. The number of aromatic nitrogens is 2. The summed E-state index contributed by atoms with van der Waals surface area (Å²) in [6.07, 6.45) is 1.12. The lowest BCUT2D eigenvalue weighted by Crippen LogP contribution is -2.35. The third kappa shape index (κ3) is 4.99. The molecule has 176 valence electrons. The summed E-state index contributed by atoms with van der Waals surface area (Å²) in [5.74, 6) is -1.59. The molecule has 2 N–H and O–H groups in total. The minimum absolute atomic E-state index is 0.000157. The molecule has 2 aromatic carbocycles. The number of nitriles is 1. The predicted molar refractivity (Wildman–Crippen MR) is 124 cm³/mol. The topological polar surface area (TPSA) is 128 Å². The van der Waals surface area contributed by atoms with Gasteiger partial charge in [-0.2, -0.15) is 5.26 Å². The fourth-order valence-corrected chi connectivity index (χ4v) is 3.87. The van der Waals surface area contributed by atoms with Gasteiger partial charge in [0.2, 0.25) is 5.91 Å². The highest BCUT2D eigenvalue weighted by molar-refractivity contribution is 5.98. The van der Waals surface area contributed by atoms with E-state index in [-0.39, 0.29) is 36.2 Å². The highest BCUT2D eigenvalue weighted by Crippen LogP contribution is 2.35. The molecular weight excluding hydrogens is 451 g/mol. The van der Waals surface area contributed by atoms with Crippen LogP contribution in [0.2, 0.25) is 0 Å². The highest BCUT2D eigenvalue weighted by atomic mass is 19.1. The number of nitrogens with one attached hydrogen (secondary N) is 2. The Morgan fingerprint density at radius 2 is 1.86 bits per heavy atom. The Labute approximate surface area is 200 Å². The Bertz CT molecular complexity index is 1380. The Morgan fingerprint density at radius 1 is 1.11 bits per heavy atom. The average molecular weight is 472 g/mol. The zero-order valence-corrected chi connectivity index (χ0v) is 19.0. The maximum absolute atomic E-state index is 13.4. The van der Waals surface area contributed by atoms with Gasteiger partial charge < -0.3 is 15.5 Å². The van der Waals surface area contributed by atoms with E-state index in [2.05, 4.69) is 20.6 Å². The molecule has 10 heteroatoms. The van der Waals surface area contributed by atoms with Crippen LogP contribution >= 0.6 is 0 Å². The van der Waals surface area contributed by atoms with Crippen molar-refractivity contribution in [1.29, 1.82) is 5.26 Å². The molecule has 3 amide bonds. The quantitative estimate of drug-likeness (QED) is 0.587. The van der Waals surface area contributed by atoms with E-state index < -0.39 is 17.9 Å². The molecule has 35 heavy (non-hydrogen) atoms. The van der Waals surface area contributed by atoms with Crippen LogP contribution in [0.5, 0.6) is 0 Å². The summed E-state index contributed by atoms with van der Waals surface area (Å²) in [7, 11) is 0. The maximum Gasteiger partial charge on any atom is 0.270 e. The number of anilines is 1. The third-order valence-corrected chi connectivity index (χ3v) is 5.68. The van der Waals surface area contributed by atoms with Gasteiger partial charge in [0.15, 0.2) is 0 Å². The number of halogens is 1. The van der Waals surface area contributed by atoms with Gasteiger partial charge in [-0.25, -0.2) is 14.4 Å². The maximum atomic E-state index is 13.4. The summed E-state index contributed by atoms with van der Waals surface area (Å²) in [5, 5.41) is 14.7. The summed E-state index contributed by atoms with van der Waals surface area (Å²) in [5.41, 5.74) is 2.86. The number of nitrogens with zero attached hydrogens (tertiary/aromatic N) is 4. The molecule has 3 aromatic rings. The van der Waals surface area contributed by atoms with E-state index in [4.69, 9.17) is 5.26 Å². The second-order valence-corrected chi connectivity index (χ2v) is 8.10. The molecule has 0 fully saturated rings. The molecule has 0 radical (unpaired) electrons. The molecular formula is C25H21FN6O3. The van der Waals surface area contributed by atoms with Crippen LogP contribution in [0.3, 0.4) is 0 Å². The fourth-order valence-electron chi connectivity index (χ4n) is 3.87. The minimum Gasteiger partial charge on any atom is -0.347 e. The van der Waals surface area contributed by atoms with Gasteiger partial charge in [-0.1, -0.05) is 18.2 Å². The van der Waals surface area contributed by atoms with Gasteiger partial charge in [0.05, 0.1) is 29.9 Å². The molecule has 0 aliphatic carbocycles. The molecule has 9 nitrogen and oxygen atoms in total. The van der Waals surface area contributed by atoms with Gasteiger partial charge >= 0.3 is 0 Å². The molecule has 0 saturated carbocycles. The average Bonchev–Trinajstić information content (AvgIpc) is 3.22. The predicted octanol–water partition coefficient (Wildman–Crippen LogP) is 2.56. The van der Waals surface area contributed by atoms with Gasteiger partial charge in [-0.05, 0) is 36.2 Å². The van der Waals surface area contributed by atoms with Crippen molar-refractivity contribution >= 4 is 23.4 Å². The van der Waals surface area contributed by atoms with E-state index >= 15 is 0 Å². The zero-order chi connectivity index (χ0) is 25.1. The summed E-state index contributed by atoms with van der Waals surface area (Å²) < 4.78 is 13.4. The molecule has 1 aliphatic heterocycles. The lowest BCUT2D eigenvalue weighted by atomic mass is 10.1. The SMILES string of the molecule is CC(=O)N1C[C@H](NC(=O)c2cc(C(=O)NCc3ccc(F)c(C)c3)ncn2)c2ccc(C#N)cc21. The molecule has 4 rings (SSSR count). The van der Waals surface area contributed by atoms with Crippen molar-refractivity contribution < 1.29 is 18.8 Å². The van der Waals surface area contributed by atoms with Crippen molar-refractivity contribution in [2.75, 3.05) is 11.4 Å². The number of hydrogen-bond donors (Lipinski definition) is 2. The third-order valence-electron chi connectivity index (χ3n) is 5.68. The van der Waals surface area contributed by atoms with Gasteiger partial charge in [0.25, 0.3) is 11.8 Å². The molecule has 0 saturated heterocycles. The van der Waals surface area contributed by atoms with Crippen molar-refractivity contribution in [3.8, 4) is 6.07 Å². The van der Waals surface area contributed by atoms with Crippen LogP contribution in [0.4, 0.5) is 10.1 Å². The Kier molecular flexibility index (Phi) is 6.51. The number of carbonyl (C=O) groups excluding carboxylic acids is 3. The number of fused-ring (bicyclic) bond motifs is 1. The number of hydrogen-bond acceptors (Lipinski definition) is 6. The molecule has 0 unspecified atom stereocenters. The first kappa shape index (κ1) is 23.5. The van der Waals surface area contributed by atoms with Crippen LogP contribution in [0.25, 0.3) is 0 Å². The summed E-state index contributed by atoms with van der Waals surface area (Å²) in [4.78, 5) is 46.9. The first-order valence-corrected chi connectivity index (χ1v) is 10.7. The largest absolute Gasteiger partial charge is 0.347 e. The van der Waals surface area contributed by atoms with Gasteiger partial charge in [-0.3, -0.25) is 14.4 Å². The van der Waals surface area contributed by atoms with Gasteiger partial charge in [0, 0.05) is 25.1 Å². The standard InChI is InChI=1S/C25H21FN6O3/c1-14-7-17(4-6-19(14)26)11-28-24(34)20-9-21(30-13-29-20)25(35)31-22-12-32(15(2)33)23-8-16(10-27)3-5-18(22)23/h3-9,13,22H,11-12H2,1-2H3,(H,28,34)(H,31,35)/t22-/m0/s1. The second-order valence-electron chi connectivity index (χ2n) is 8.10. The molecule has 0 spiro atoms. The number of rotatable bonds is 5. The van der Waals surface area contributed by atoms with Crippen LogP contribution in [0.1, 0.15) is 56.2 Å². The van der Waals surface area contributed by atoms with E-state index in [1.165, 1.54) is 24.0 Å². The molecule has 1 atom stereocenters. The summed E-state index contributed by atoms with van der Waals surface area (Å²) in [6.45, 7) is 3.42. The first-order valence-electron chi connectivity index (χ1n) is 10.7. The monoisotopic (exact) mass is 472 g/mol. The van der Waals surface area contributed by atoms with Crippen LogP contribution < -0.4 is 15.5 Å². The summed E-state index contributed by atoms with van der Waals surface area (Å²) >= 11 is 0. The van der Waals surface area contributed by atoms with E-state index in [1.54, 1.807) is 37.3 Å². The van der Waals surface area contributed by atoms with Crippen molar-refractivity contribution in [3.63, 3.8) is 0 Å². The molecule has 0 bridgehead atoms. The van der Waals surface area contributed by atoms with E-state index in [9.17, 15) is 18.8 Å². The lowest BCUT2D eigenvalue weighted by Gasteiger charge is -2.16. The van der Waals surface area contributed by atoms with Gasteiger partial charge in [-0.15, -0.1) is 0 Å². The van der Waals surface area contributed by atoms with Crippen LogP contribution in [-0.4, -0.2) is 34.2 Å². The molecule has 1 aliphatic rings. The number of carbonyl (C=O) groups is 3. The molecule has 2 heterocycles. The number of aryl methyl sites for hydroxylation is 1. The number of amides is 3. The minimum atomic E-state index is -0.540.